The maximum absolute atomic E-state index is 11.5. The fourth-order valence-electron chi connectivity index (χ4n) is 1.44. The predicted molar refractivity (Wildman–Crippen MR) is 57.2 cm³/mol. The molecule has 1 aromatic rings. The molecule has 0 bridgehead atoms. The molecule has 1 aromatic carbocycles. The first-order chi connectivity index (χ1) is 6.70. The van der Waals surface area contributed by atoms with Gasteiger partial charge in [0.2, 0.25) is 0 Å². The molecule has 0 fully saturated rings. The number of hydrogen-bond donors (Lipinski definition) is 0. The van der Waals surface area contributed by atoms with Crippen molar-refractivity contribution in [2.24, 2.45) is 4.99 Å². The molecule has 2 nitrogen and oxygen atoms in total. The molecule has 0 aliphatic carbocycles. The molecule has 0 aromatic heterocycles. The summed E-state index contributed by atoms with van der Waals surface area (Å²) in [6, 6.07) is 9.61. The van der Waals surface area contributed by atoms with E-state index in [1.54, 1.807) is 0 Å². The van der Waals surface area contributed by atoms with Gasteiger partial charge in [0.25, 0.3) is 0 Å². The summed E-state index contributed by atoms with van der Waals surface area (Å²) in [6.07, 6.45) is 0. The van der Waals surface area contributed by atoms with Crippen LogP contribution in [0.5, 0.6) is 0 Å². The molecule has 1 aliphatic rings. The van der Waals surface area contributed by atoms with Gasteiger partial charge < -0.3 is 0 Å². The summed E-state index contributed by atoms with van der Waals surface area (Å²) in [7, 11) is 0. The summed E-state index contributed by atoms with van der Waals surface area (Å²) in [4.78, 5) is 15.4. The van der Waals surface area contributed by atoms with Crippen molar-refractivity contribution in [3.8, 4) is 0 Å². The zero-order valence-electron chi connectivity index (χ0n) is 7.65. The number of carbonyl (C=O) groups is 1. The SMILES string of the molecule is CC1=C(c2ccccc2)C(=O)N=C1[Se]. The molecule has 3 heteroatoms. The quantitative estimate of drug-likeness (QED) is 0.694. The molecule has 69 valence electrons. The topological polar surface area (TPSA) is 29.4 Å². The number of carbonyl (C=O) groups excluding carboxylic acids is 1. The molecule has 0 saturated heterocycles. The molecule has 0 saturated carbocycles. The second-order valence-electron chi connectivity index (χ2n) is 3.09. The van der Waals surface area contributed by atoms with Gasteiger partial charge in [-0.25, -0.2) is 0 Å². The van der Waals surface area contributed by atoms with E-state index in [1.807, 2.05) is 37.3 Å². The van der Waals surface area contributed by atoms with Crippen molar-refractivity contribution in [2.75, 3.05) is 0 Å². The Labute approximate surface area is 90.6 Å². The third-order valence-corrected chi connectivity index (χ3v) is 3.01. The summed E-state index contributed by atoms with van der Waals surface area (Å²) < 4.78 is 0.703. The van der Waals surface area contributed by atoms with Crippen LogP contribution in [0.3, 0.4) is 0 Å². The number of rotatable bonds is 1. The number of allylic oxidation sites excluding steroid dienone is 1. The molecular weight excluding hydrogens is 241 g/mol. The van der Waals surface area contributed by atoms with Gasteiger partial charge >= 0.3 is 90.3 Å². The van der Waals surface area contributed by atoms with Gasteiger partial charge in [0, 0.05) is 0 Å². The van der Waals surface area contributed by atoms with Crippen LogP contribution in [-0.2, 0) is 4.79 Å². The van der Waals surface area contributed by atoms with Crippen LogP contribution in [0.2, 0.25) is 0 Å². The van der Waals surface area contributed by atoms with Crippen LogP contribution < -0.4 is 0 Å². The molecule has 0 N–H and O–H groups in total. The van der Waals surface area contributed by atoms with Crippen LogP contribution >= 0.6 is 0 Å². The number of aliphatic imine (C=N–C) groups is 1. The number of amides is 1. The maximum atomic E-state index is 11.5. The summed E-state index contributed by atoms with van der Waals surface area (Å²) in [5.74, 6) is -0.151. The molecule has 0 unspecified atom stereocenters. The first-order valence-electron chi connectivity index (χ1n) is 4.27. The fraction of sp³-hybridized carbons (Fsp3) is 0.0909. The van der Waals surface area contributed by atoms with Gasteiger partial charge in [-0.15, -0.1) is 0 Å². The molecular formula is C11H8NOSe. The van der Waals surface area contributed by atoms with E-state index in [9.17, 15) is 4.79 Å². The van der Waals surface area contributed by atoms with Crippen molar-refractivity contribution < 1.29 is 4.79 Å². The van der Waals surface area contributed by atoms with Crippen LogP contribution in [0.25, 0.3) is 5.57 Å². The Hall–Kier alpha value is -1.18. The average Bonchev–Trinajstić information content (AvgIpc) is 2.43. The van der Waals surface area contributed by atoms with Crippen molar-refractivity contribution in [1.29, 1.82) is 0 Å². The Morgan fingerprint density at radius 1 is 1.21 bits per heavy atom. The molecule has 0 spiro atoms. The number of nitrogens with zero attached hydrogens (tertiary/aromatic N) is 1. The van der Waals surface area contributed by atoms with Crippen LogP contribution in [0.1, 0.15) is 12.5 Å². The minimum absolute atomic E-state index is 0.151. The van der Waals surface area contributed by atoms with Crippen LogP contribution in [-0.4, -0.2) is 26.5 Å². The van der Waals surface area contributed by atoms with Crippen molar-refractivity contribution in [1.82, 2.24) is 0 Å². The van der Waals surface area contributed by atoms with Crippen molar-refractivity contribution >= 4 is 32.1 Å². The molecule has 1 radical (unpaired) electrons. The zero-order valence-corrected chi connectivity index (χ0v) is 9.36. The van der Waals surface area contributed by atoms with Crippen LogP contribution in [0.15, 0.2) is 40.9 Å². The van der Waals surface area contributed by atoms with Gasteiger partial charge in [-0.3, -0.25) is 0 Å². The Morgan fingerprint density at radius 2 is 1.86 bits per heavy atom. The number of hydrogen-bond acceptors (Lipinski definition) is 1. The first-order valence-corrected chi connectivity index (χ1v) is 5.12. The zero-order chi connectivity index (χ0) is 10.1. The summed E-state index contributed by atoms with van der Waals surface area (Å²) in [6.45, 7) is 1.91. The first kappa shape index (κ1) is 9.38. The van der Waals surface area contributed by atoms with Crippen molar-refractivity contribution in [3.05, 3.63) is 41.5 Å². The van der Waals surface area contributed by atoms with Gasteiger partial charge in [-0.1, -0.05) is 0 Å². The van der Waals surface area contributed by atoms with E-state index < -0.39 is 0 Å². The fourth-order valence-corrected chi connectivity index (χ4v) is 1.83. The van der Waals surface area contributed by atoms with Gasteiger partial charge in [-0.2, -0.15) is 0 Å². The molecule has 2 rings (SSSR count). The summed E-state index contributed by atoms with van der Waals surface area (Å²) in [5.41, 5.74) is 2.57. The van der Waals surface area contributed by atoms with Crippen LogP contribution in [0.4, 0.5) is 0 Å². The normalized spacial score (nSPS) is 16.1. The van der Waals surface area contributed by atoms with Gasteiger partial charge in [0.15, 0.2) is 0 Å². The standard InChI is InChI=1S/C11H8NOSe/c1-7-9(10(13)12-11(7)14)8-5-3-2-4-6-8/h2-6H,1H3. The monoisotopic (exact) mass is 250 g/mol. The Balaban J connectivity index is 2.53. The second-order valence-corrected chi connectivity index (χ2v) is 3.90. The number of benzene rings is 1. The van der Waals surface area contributed by atoms with Crippen molar-refractivity contribution in [3.63, 3.8) is 0 Å². The second kappa shape index (κ2) is 3.52. The van der Waals surface area contributed by atoms with Crippen molar-refractivity contribution in [2.45, 2.75) is 6.92 Å². The van der Waals surface area contributed by atoms with E-state index in [0.29, 0.717) is 10.2 Å². The molecule has 1 amide bonds. The minimum atomic E-state index is -0.151. The van der Waals surface area contributed by atoms with Gasteiger partial charge in [0.05, 0.1) is 0 Å². The average molecular weight is 249 g/mol. The molecule has 14 heavy (non-hydrogen) atoms. The van der Waals surface area contributed by atoms with Gasteiger partial charge in [0.1, 0.15) is 0 Å². The van der Waals surface area contributed by atoms with E-state index in [2.05, 4.69) is 21.0 Å². The molecule has 0 atom stereocenters. The van der Waals surface area contributed by atoms with E-state index in [-0.39, 0.29) is 5.91 Å². The van der Waals surface area contributed by atoms with E-state index in [4.69, 9.17) is 0 Å². The molecule has 1 heterocycles. The third-order valence-electron chi connectivity index (χ3n) is 2.18. The van der Waals surface area contributed by atoms with Gasteiger partial charge in [-0.05, 0) is 0 Å². The van der Waals surface area contributed by atoms with E-state index in [1.165, 1.54) is 0 Å². The Bertz CT molecular complexity index is 446. The Kier molecular flexibility index (Phi) is 2.36. The Morgan fingerprint density at radius 3 is 2.36 bits per heavy atom. The predicted octanol–water partition coefficient (Wildman–Crippen LogP) is 1.57. The third kappa shape index (κ3) is 1.45. The van der Waals surface area contributed by atoms with Crippen LogP contribution in [0, 0.1) is 0 Å². The van der Waals surface area contributed by atoms with E-state index in [0.717, 1.165) is 11.1 Å². The summed E-state index contributed by atoms with van der Waals surface area (Å²) in [5, 5.41) is 0. The summed E-state index contributed by atoms with van der Waals surface area (Å²) >= 11 is 2.79. The van der Waals surface area contributed by atoms with E-state index >= 15 is 0 Å². The molecule has 1 aliphatic heterocycles.